The summed E-state index contributed by atoms with van der Waals surface area (Å²) in [5.41, 5.74) is 5.71. The van der Waals surface area contributed by atoms with Crippen molar-refractivity contribution in [3.63, 3.8) is 0 Å². The van der Waals surface area contributed by atoms with Gasteiger partial charge in [0.05, 0.1) is 19.3 Å². The van der Waals surface area contributed by atoms with E-state index in [1.54, 1.807) is 4.31 Å². The van der Waals surface area contributed by atoms with Crippen LogP contribution in [0.1, 0.15) is 0 Å². The molecule has 0 aliphatic carbocycles. The van der Waals surface area contributed by atoms with Crippen molar-refractivity contribution in [2.45, 2.75) is 6.04 Å². The molecule has 1 unspecified atom stereocenters. The fraction of sp³-hybridized carbons (Fsp3) is 1.00. The smallest absolute Gasteiger partial charge is 0.282 e. The van der Waals surface area contributed by atoms with Gasteiger partial charge in [-0.05, 0) is 7.05 Å². The lowest BCUT2D eigenvalue weighted by molar-refractivity contribution is 0.0664. The van der Waals surface area contributed by atoms with Crippen molar-refractivity contribution < 1.29 is 13.2 Å². The third-order valence-electron chi connectivity index (χ3n) is 3.50. The molecule has 2 aliphatic rings. The SMILES string of the molecule is CN1CCN(S(=O)(=O)N2CCOCC2)C(CN)C1. The number of hydrogen-bond acceptors (Lipinski definition) is 5. The van der Waals surface area contributed by atoms with E-state index in [-0.39, 0.29) is 6.04 Å². The van der Waals surface area contributed by atoms with Gasteiger partial charge in [0.2, 0.25) is 0 Å². The highest BCUT2D eigenvalue weighted by Crippen LogP contribution is 2.17. The van der Waals surface area contributed by atoms with E-state index in [1.165, 1.54) is 4.31 Å². The zero-order valence-electron chi connectivity index (χ0n) is 10.8. The second-order valence-corrected chi connectivity index (χ2v) is 6.66. The van der Waals surface area contributed by atoms with Gasteiger partial charge in [-0.1, -0.05) is 0 Å². The first-order chi connectivity index (χ1) is 8.55. The number of rotatable bonds is 3. The zero-order chi connectivity index (χ0) is 13.2. The maximum absolute atomic E-state index is 12.5. The number of nitrogens with two attached hydrogens (primary N) is 1. The molecule has 0 bridgehead atoms. The molecule has 2 saturated heterocycles. The molecule has 2 N–H and O–H groups in total. The summed E-state index contributed by atoms with van der Waals surface area (Å²) >= 11 is 0. The van der Waals surface area contributed by atoms with Gasteiger partial charge in [-0.3, -0.25) is 0 Å². The molecule has 106 valence electrons. The Kier molecular flexibility index (Phi) is 4.57. The van der Waals surface area contributed by atoms with Crippen LogP contribution in [0.15, 0.2) is 0 Å². The average Bonchev–Trinajstić information content (AvgIpc) is 2.39. The van der Waals surface area contributed by atoms with Gasteiger partial charge in [-0.2, -0.15) is 17.0 Å². The van der Waals surface area contributed by atoms with Crippen LogP contribution in [0, 0.1) is 0 Å². The molecule has 0 aromatic heterocycles. The highest BCUT2D eigenvalue weighted by atomic mass is 32.2. The van der Waals surface area contributed by atoms with Gasteiger partial charge >= 0.3 is 0 Å². The largest absolute Gasteiger partial charge is 0.379 e. The van der Waals surface area contributed by atoms with Gasteiger partial charge in [0.1, 0.15) is 0 Å². The molecule has 2 heterocycles. The third-order valence-corrected chi connectivity index (χ3v) is 5.59. The van der Waals surface area contributed by atoms with E-state index in [4.69, 9.17) is 10.5 Å². The van der Waals surface area contributed by atoms with Crippen molar-refractivity contribution in [2.24, 2.45) is 5.73 Å². The van der Waals surface area contributed by atoms with Gasteiger partial charge in [-0.25, -0.2) is 0 Å². The van der Waals surface area contributed by atoms with Gasteiger partial charge in [0, 0.05) is 39.3 Å². The number of piperazine rings is 1. The monoisotopic (exact) mass is 278 g/mol. The summed E-state index contributed by atoms with van der Waals surface area (Å²) < 4.78 is 33.3. The van der Waals surface area contributed by atoms with Gasteiger partial charge in [-0.15, -0.1) is 0 Å². The van der Waals surface area contributed by atoms with Crippen LogP contribution in [0.5, 0.6) is 0 Å². The number of morpholine rings is 1. The van der Waals surface area contributed by atoms with Crippen molar-refractivity contribution in [2.75, 3.05) is 59.5 Å². The zero-order valence-corrected chi connectivity index (χ0v) is 11.6. The minimum atomic E-state index is -3.39. The molecular weight excluding hydrogens is 256 g/mol. The maximum Gasteiger partial charge on any atom is 0.282 e. The first kappa shape index (κ1) is 14.2. The van der Waals surface area contributed by atoms with Crippen LogP contribution in [0.4, 0.5) is 0 Å². The molecule has 8 heteroatoms. The van der Waals surface area contributed by atoms with Crippen LogP contribution >= 0.6 is 0 Å². The summed E-state index contributed by atoms with van der Waals surface area (Å²) in [5, 5.41) is 0. The normalized spacial score (nSPS) is 29.6. The molecule has 7 nitrogen and oxygen atoms in total. The third kappa shape index (κ3) is 2.84. The van der Waals surface area contributed by atoms with Crippen LogP contribution in [-0.2, 0) is 14.9 Å². The second kappa shape index (κ2) is 5.81. The Morgan fingerprint density at radius 1 is 1.22 bits per heavy atom. The molecule has 2 fully saturated rings. The van der Waals surface area contributed by atoms with E-state index in [0.717, 1.165) is 6.54 Å². The quantitative estimate of drug-likeness (QED) is 0.655. The van der Waals surface area contributed by atoms with E-state index in [1.807, 2.05) is 7.05 Å². The molecule has 1 atom stereocenters. The predicted molar refractivity (Wildman–Crippen MR) is 68.4 cm³/mol. The van der Waals surface area contributed by atoms with E-state index < -0.39 is 10.2 Å². The summed E-state index contributed by atoms with van der Waals surface area (Å²) in [6.07, 6.45) is 0. The summed E-state index contributed by atoms with van der Waals surface area (Å²) in [7, 11) is -1.40. The Hall–Kier alpha value is -0.250. The Morgan fingerprint density at radius 3 is 2.50 bits per heavy atom. The first-order valence-corrected chi connectivity index (χ1v) is 7.68. The molecule has 0 amide bonds. The molecule has 18 heavy (non-hydrogen) atoms. The Balaban J connectivity index is 2.12. The number of nitrogens with zero attached hydrogens (tertiary/aromatic N) is 3. The van der Waals surface area contributed by atoms with Crippen molar-refractivity contribution in [3.05, 3.63) is 0 Å². The van der Waals surface area contributed by atoms with E-state index in [9.17, 15) is 8.42 Å². The number of likely N-dealkylation sites (N-methyl/N-ethyl adjacent to an activating group) is 1. The second-order valence-electron chi connectivity index (χ2n) is 4.78. The molecule has 0 saturated carbocycles. The van der Waals surface area contributed by atoms with Crippen LogP contribution in [-0.4, -0.2) is 87.5 Å². The minimum Gasteiger partial charge on any atom is -0.379 e. The van der Waals surface area contributed by atoms with Gasteiger partial charge in [0.25, 0.3) is 10.2 Å². The molecule has 2 aliphatic heterocycles. The van der Waals surface area contributed by atoms with Crippen molar-refractivity contribution in [1.29, 1.82) is 0 Å². The number of hydrogen-bond donors (Lipinski definition) is 1. The average molecular weight is 278 g/mol. The molecule has 0 aromatic carbocycles. The predicted octanol–water partition coefficient (Wildman–Crippen LogP) is -1.86. The highest BCUT2D eigenvalue weighted by molar-refractivity contribution is 7.86. The summed E-state index contributed by atoms with van der Waals surface area (Å²) in [5.74, 6) is 0. The number of ether oxygens (including phenoxy) is 1. The standard InChI is InChI=1S/C10H22N4O3S/c1-12-2-3-14(10(8-11)9-12)18(15,16)13-4-6-17-7-5-13/h10H,2-9,11H2,1H3. The van der Waals surface area contributed by atoms with Crippen LogP contribution in [0.2, 0.25) is 0 Å². The van der Waals surface area contributed by atoms with E-state index >= 15 is 0 Å². The van der Waals surface area contributed by atoms with Crippen molar-refractivity contribution >= 4 is 10.2 Å². The Bertz CT molecular complexity index is 369. The molecule has 0 aromatic rings. The molecule has 0 spiro atoms. The van der Waals surface area contributed by atoms with Gasteiger partial charge in [0.15, 0.2) is 0 Å². The summed E-state index contributed by atoms with van der Waals surface area (Å²) in [6, 6.07) is -0.128. The summed E-state index contributed by atoms with van der Waals surface area (Å²) in [4.78, 5) is 2.11. The van der Waals surface area contributed by atoms with E-state index in [2.05, 4.69) is 4.90 Å². The fourth-order valence-electron chi connectivity index (χ4n) is 2.42. The van der Waals surface area contributed by atoms with Gasteiger partial charge < -0.3 is 15.4 Å². The van der Waals surface area contributed by atoms with Crippen LogP contribution in [0.25, 0.3) is 0 Å². The van der Waals surface area contributed by atoms with Crippen molar-refractivity contribution in [1.82, 2.24) is 13.5 Å². The van der Waals surface area contributed by atoms with Crippen molar-refractivity contribution in [3.8, 4) is 0 Å². The minimum absolute atomic E-state index is 0.128. The first-order valence-electron chi connectivity index (χ1n) is 6.29. The van der Waals surface area contributed by atoms with E-state index in [0.29, 0.717) is 45.9 Å². The summed E-state index contributed by atoms with van der Waals surface area (Å²) in [6.45, 7) is 4.13. The molecule has 0 radical (unpaired) electrons. The lowest BCUT2D eigenvalue weighted by Crippen LogP contribution is -2.60. The Labute approximate surface area is 109 Å². The fourth-order valence-corrected chi connectivity index (χ4v) is 4.16. The topological polar surface area (TPSA) is 79.1 Å². The van der Waals surface area contributed by atoms with Crippen LogP contribution < -0.4 is 5.73 Å². The maximum atomic E-state index is 12.5. The van der Waals surface area contributed by atoms with Crippen LogP contribution in [0.3, 0.4) is 0 Å². The highest BCUT2D eigenvalue weighted by Gasteiger charge is 2.37. The Morgan fingerprint density at radius 2 is 1.89 bits per heavy atom. The molecule has 2 rings (SSSR count). The molecular formula is C10H22N4O3S. The lowest BCUT2D eigenvalue weighted by Gasteiger charge is -2.41. The lowest BCUT2D eigenvalue weighted by atomic mass is 10.2.